The van der Waals surface area contributed by atoms with Gasteiger partial charge in [-0.25, -0.2) is 0 Å². The Morgan fingerprint density at radius 2 is 1.39 bits per heavy atom. The van der Waals surface area contributed by atoms with Crippen LogP contribution in [0.25, 0.3) is 0 Å². The molecule has 0 spiro atoms. The zero-order valence-corrected chi connectivity index (χ0v) is 13.7. The molecular weight excluding hydrogens is 250 g/mol. The van der Waals surface area contributed by atoms with E-state index in [1.165, 1.54) is 0 Å². The smallest absolute Gasteiger partial charge is 0.398 e. The van der Waals surface area contributed by atoms with E-state index in [9.17, 15) is 5.11 Å². The second-order valence-electron chi connectivity index (χ2n) is 6.88. The van der Waals surface area contributed by atoms with Gasteiger partial charge in [-0.3, -0.25) is 0 Å². The molecule has 6 heteroatoms. The Hall–Kier alpha value is 0.335. The fraction of sp³-hybridized carbons (Fsp3) is 1.00. The maximum atomic E-state index is 10.0. The molecular formula is C12H26BO4P. The second kappa shape index (κ2) is 4.71. The van der Waals surface area contributed by atoms with Crippen molar-refractivity contribution in [2.45, 2.75) is 77.8 Å². The van der Waals surface area contributed by atoms with Gasteiger partial charge >= 0.3 is 6.84 Å². The molecule has 18 heavy (non-hydrogen) atoms. The van der Waals surface area contributed by atoms with E-state index in [1.54, 1.807) is 13.8 Å². The van der Waals surface area contributed by atoms with Crippen LogP contribution < -0.4 is 0 Å². The molecule has 0 aromatic carbocycles. The summed E-state index contributed by atoms with van der Waals surface area (Å²) in [5.41, 5.74) is -2.24. The number of hydrogen-bond donors (Lipinski definition) is 1. The van der Waals surface area contributed by atoms with Crippen LogP contribution in [0.3, 0.4) is 0 Å². The molecule has 1 saturated heterocycles. The van der Waals surface area contributed by atoms with E-state index in [1.807, 2.05) is 41.5 Å². The van der Waals surface area contributed by atoms with Crippen molar-refractivity contribution in [1.29, 1.82) is 0 Å². The molecule has 1 unspecified atom stereocenters. The highest BCUT2D eigenvalue weighted by atomic mass is 31.1. The van der Waals surface area contributed by atoms with Crippen LogP contribution in [0.15, 0.2) is 0 Å². The molecule has 0 amide bonds. The van der Waals surface area contributed by atoms with E-state index in [2.05, 4.69) is 0 Å². The van der Waals surface area contributed by atoms with E-state index < -0.39 is 11.2 Å². The van der Waals surface area contributed by atoms with Crippen LogP contribution in [0.2, 0.25) is 0 Å². The number of hydrogen-bond acceptors (Lipinski definition) is 4. The zero-order chi connectivity index (χ0) is 14.4. The Morgan fingerprint density at radius 3 is 1.72 bits per heavy atom. The fourth-order valence-corrected chi connectivity index (χ4v) is 2.54. The van der Waals surface area contributed by atoms with E-state index in [4.69, 9.17) is 13.8 Å². The highest BCUT2D eigenvalue weighted by molar-refractivity contribution is 7.69. The molecule has 0 radical (unpaired) electrons. The SMILES string of the molecule is CC(C)(O)C(C)(C)OPB1OC(C)(C)C(C)(C)O1. The molecule has 4 nitrogen and oxygen atoms in total. The first-order valence-corrected chi connectivity index (χ1v) is 7.29. The van der Waals surface area contributed by atoms with Crippen LogP contribution >= 0.6 is 8.69 Å². The molecule has 0 bridgehead atoms. The summed E-state index contributed by atoms with van der Waals surface area (Å²) in [5, 5.41) is 10.0. The zero-order valence-electron chi connectivity index (χ0n) is 12.7. The van der Waals surface area contributed by atoms with Crippen molar-refractivity contribution in [2.75, 3.05) is 0 Å². The summed E-state index contributed by atoms with van der Waals surface area (Å²) in [6.07, 6.45) is 0. The van der Waals surface area contributed by atoms with Crippen LogP contribution in [-0.2, 0) is 13.8 Å². The molecule has 1 aliphatic heterocycles. The molecule has 1 heterocycles. The lowest BCUT2D eigenvalue weighted by atomic mass is 9.90. The first-order chi connectivity index (χ1) is 7.79. The summed E-state index contributed by atoms with van der Waals surface area (Å²) in [7, 11) is 0.0398. The standard InChI is InChI=1S/C12H26BO4P/c1-9(2,14)10(3,4)17-18-13-15-11(5,6)12(7,8)16-13/h14,18H,1-8H3. The van der Waals surface area contributed by atoms with Gasteiger partial charge in [-0.2, -0.15) is 0 Å². The summed E-state index contributed by atoms with van der Waals surface area (Å²) >= 11 is 0. The molecule has 0 saturated carbocycles. The maximum absolute atomic E-state index is 10.0. The average molecular weight is 276 g/mol. The second-order valence-corrected chi connectivity index (χ2v) is 7.79. The Labute approximate surface area is 113 Å². The Kier molecular flexibility index (Phi) is 4.29. The molecule has 1 N–H and O–H groups in total. The fourth-order valence-electron chi connectivity index (χ4n) is 1.21. The van der Waals surface area contributed by atoms with Gasteiger partial charge in [-0.05, 0) is 55.4 Å². The summed E-state index contributed by atoms with van der Waals surface area (Å²) in [4.78, 5) is 0. The van der Waals surface area contributed by atoms with E-state index in [-0.39, 0.29) is 26.7 Å². The van der Waals surface area contributed by atoms with Crippen molar-refractivity contribution in [3.63, 3.8) is 0 Å². The van der Waals surface area contributed by atoms with Crippen LogP contribution in [0.4, 0.5) is 0 Å². The van der Waals surface area contributed by atoms with Crippen molar-refractivity contribution < 1.29 is 18.9 Å². The van der Waals surface area contributed by atoms with Crippen LogP contribution in [-0.4, -0.2) is 34.3 Å². The van der Waals surface area contributed by atoms with E-state index in [0.717, 1.165) is 0 Å². The summed E-state index contributed by atoms with van der Waals surface area (Å²) in [6.45, 7) is 14.9. The highest BCUT2D eigenvalue weighted by Crippen LogP contribution is 2.44. The van der Waals surface area contributed by atoms with Gasteiger partial charge < -0.3 is 18.9 Å². The van der Waals surface area contributed by atoms with Gasteiger partial charge in [0.1, 0.15) is 0 Å². The lowest BCUT2D eigenvalue weighted by molar-refractivity contribution is -0.0834. The van der Waals surface area contributed by atoms with Crippen molar-refractivity contribution in [2.24, 2.45) is 0 Å². The normalized spacial score (nSPS) is 24.2. The third-order valence-corrected chi connectivity index (χ3v) is 5.19. The Balaban J connectivity index is 2.58. The average Bonchev–Trinajstić information content (AvgIpc) is 2.30. The molecule has 1 rings (SSSR count). The minimum atomic E-state index is -0.913. The molecule has 106 valence electrons. The largest absolute Gasteiger partial charge is 0.512 e. The predicted molar refractivity (Wildman–Crippen MR) is 75.9 cm³/mol. The van der Waals surface area contributed by atoms with Crippen molar-refractivity contribution in [3.05, 3.63) is 0 Å². The summed E-state index contributed by atoms with van der Waals surface area (Å²) in [6, 6.07) is 0. The van der Waals surface area contributed by atoms with Gasteiger partial charge in [0.25, 0.3) is 0 Å². The first kappa shape index (κ1) is 16.4. The monoisotopic (exact) mass is 276 g/mol. The lowest BCUT2D eigenvalue weighted by Gasteiger charge is -2.37. The summed E-state index contributed by atoms with van der Waals surface area (Å²) < 4.78 is 17.5. The lowest BCUT2D eigenvalue weighted by Crippen LogP contribution is -2.46. The highest BCUT2D eigenvalue weighted by Gasteiger charge is 2.52. The molecule has 1 aliphatic rings. The van der Waals surface area contributed by atoms with E-state index in [0.29, 0.717) is 0 Å². The van der Waals surface area contributed by atoms with Crippen LogP contribution in [0, 0.1) is 0 Å². The predicted octanol–water partition coefficient (Wildman–Crippen LogP) is 2.73. The minimum absolute atomic E-state index is 0.0398. The van der Waals surface area contributed by atoms with Crippen molar-refractivity contribution in [3.8, 4) is 0 Å². The van der Waals surface area contributed by atoms with Crippen LogP contribution in [0.5, 0.6) is 0 Å². The van der Waals surface area contributed by atoms with Gasteiger partial charge in [0.15, 0.2) is 0 Å². The number of aliphatic hydroxyl groups is 1. The van der Waals surface area contributed by atoms with Gasteiger partial charge in [-0.1, -0.05) is 0 Å². The maximum Gasteiger partial charge on any atom is 0.512 e. The van der Waals surface area contributed by atoms with Gasteiger partial charge in [0.05, 0.1) is 22.4 Å². The minimum Gasteiger partial charge on any atom is -0.398 e. The third-order valence-electron chi connectivity index (χ3n) is 4.14. The molecule has 0 aliphatic carbocycles. The van der Waals surface area contributed by atoms with Crippen molar-refractivity contribution >= 4 is 15.5 Å². The first-order valence-electron chi connectivity index (χ1n) is 6.30. The van der Waals surface area contributed by atoms with Crippen LogP contribution in [0.1, 0.15) is 55.4 Å². The quantitative estimate of drug-likeness (QED) is 0.633. The number of rotatable bonds is 4. The third kappa shape index (κ3) is 3.26. The molecule has 1 atom stereocenters. The van der Waals surface area contributed by atoms with Crippen molar-refractivity contribution in [1.82, 2.24) is 0 Å². The van der Waals surface area contributed by atoms with Gasteiger partial charge in [0.2, 0.25) is 0 Å². The molecule has 0 aromatic rings. The van der Waals surface area contributed by atoms with E-state index >= 15 is 0 Å². The Morgan fingerprint density at radius 1 is 1.00 bits per heavy atom. The van der Waals surface area contributed by atoms with Gasteiger partial charge in [-0.15, -0.1) is 0 Å². The topological polar surface area (TPSA) is 47.9 Å². The van der Waals surface area contributed by atoms with Gasteiger partial charge in [0, 0.05) is 8.69 Å². The summed E-state index contributed by atoms with van der Waals surface area (Å²) in [5.74, 6) is 0. The Bertz CT molecular complexity index is 294. The molecule has 1 fully saturated rings. The molecule has 0 aromatic heterocycles.